The van der Waals surface area contributed by atoms with Crippen LogP contribution in [-0.2, 0) is 4.74 Å². The molecule has 0 amide bonds. The third-order valence-electron chi connectivity index (χ3n) is 11.7. The van der Waals surface area contributed by atoms with Gasteiger partial charge in [-0.1, -0.05) is 53.9 Å². The number of aliphatic hydroxyl groups is 1. The fourth-order valence-corrected chi connectivity index (χ4v) is 10.0. The van der Waals surface area contributed by atoms with Gasteiger partial charge in [-0.05, 0) is 104 Å². The predicted molar refractivity (Wildman–Crippen MR) is 123 cm³/mol. The van der Waals surface area contributed by atoms with E-state index in [1.165, 1.54) is 64.2 Å². The lowest BCUT2D eigenvalue weighted by molar-refractivity contribution is -0.159. The lowest BCUT2D eigenvalue weighted by Gasteiger charge is -2.62. The van der Waals surface area contributed by atoms with Crippen molar-refractivity contribution < 1.29 is 9.84 Å². The van der Waals surface area contributed by atoms with E-state index < -0.39 is 0 Å². The first-order valence-corrected chi connectivity index (χ1v) is 13.5. The molecule has 5 rings (SSSR count). The summed E-state index contributed by atoms with van der Waals surface area (Å²) >= 11 is 0. The first kappa shape index (κ1) is 21.7. The number of rotatable bonds is 5. The molecule has 0 aromatic carbocycles. The highest BCUT2D eigenvalue weighted by molar-refractivity contribution is 5.18. The Kier molecular flexibility index (Phi) is 5.42. The van der Waals surface area contributed by atoms with Crippen molar-refractivity contribution in [3.8, 4) is 0 Å². The molecular weight excluding hydrogens is 368 g/mol. The van der Waals surface area contributed by atoms with Gasteiger partial charge in [0.1, 0.15) is 5.60 Å². The molecule has 4 saturated carbocycles. The summed E-state index contributed by atoms with van der Waals surface area (Å²) in [6.45, 7) is 13.5. The highest BCUT2D eigenvalue weighted by Gasteiger charge is 2.69. The number of ether oxygens (including phenoxy) is 1. The van der Waals surface area contributed by atoms with Gasteiger partial charge < -0.3 is 9.84 Å². The predicted octanol–water partition coefficient (Wildman–Crippen LogP) is 6.85. The highest BCUT2D eigenvalue weighted by Crippen LogP contribution is 2.70. The van der Waals surface area contributed by atoms with E-state index in [0.29, 0.717) is 16.7 Å². The SMILES string of the molecule is CC(C)CCC[C@@H](C)[C@H]1CC[C@H]2[C@@H]3CC[C@@H]4[C@](C)(CC[C@@H](O)[C@]45CO5)[C@H]3CC[C@]12C. The van der Waals surface area contributed by atoms with E-state index in [1.807, 2.05) is 0 Å². The largest absolute Gasteiger partial charge is 0.390 e. The second-order valence-electron chi connectivity index (χ2n) is 13.3. The fourth-order valence-electron chi connectivity index (χ4n) is 10.0. The molecule has 0 bridgehead atoms. The van der Waals surface area contributed by atoms with Gasteiger partial charge in [-0.25, -0.2) is 0 Å². The zero-order chi connectivity index (χ0) is 21.3. The van der Waals surface area contributed by atoms with Gasteiger partial charge in [0.2, 0.25) is 0 Å². The van der Waals surface area contributed by atoms with Crippen molar-refractivity contribution in [1.29, 1.82) is 0 Å². The molecule has 10 atom stereocenters. The molecule has 1 heterocycles. The van der Waals surface area contributed by atoms with E-state index in [2.05, 4.69) is 34.6 Å². The standard InChI is InChI=1S/C28H48O2/c1-18(2)7-6-8-19(3)21-10-11-22-20-9-12-24-27(5,23(20)13-15-26(21,22)4)16-14-25(29)28(24)17-30-28/h18-25,29H,6-17H2,1-5H3/t19-,20+,21-,22+,23+,24-,25-,26-,27-,28+/m1/s1. The Balaban J connectivity index is 1.32. The molecule has 1 spiro atoms. The maximum Gasteiger partial charge on any atom is 0.121 e. The molecule has 1 N–H and O–H groups in total. The number of aliphatic hydroxyl groups excluding tert-OH is 1. The summed E-state index contributed by atoms with van der Waals surface area (Å²) in [5, 5.41) is 10.7. The van der Waals surface area contributed by atoms with Crippen LogP contribution in [0, 0.1) is 52.3 Å². The summed E-state index contributed by atoms with van der Waals surface area (Å²) < 4.78 is 6.02. The van der Waals surface area contributed by atoms with E-state index in [9.17, 15) is 5.11 Å². The lowest BCUT2D eigenvalue weighted by Crippen LogP contribution is -2.59. The van der Waals surface area contributed by atoms with Crippen molar-refractivity contribution in [3.63, 3.8) is 0 Å². The van der Waals surface area contributed by atoms with Crippen LogP contribution in [0.15, 0.2) is 0 Å². The molecule has 0 radical (unpaired) electrons. The summed E-state index contributed by atoms with van der Waals surface area (Å²) in [7, 11) is 0. The van der Waals surface area contributed by atoms with Crippen LogP contribution in [0.3, 0.4) is 0 Å². The normalized spacial score (nSPS) is 53.3. The van der Waals surface area contributed by atoms with Gasteiger partial charge in [0.25, 0.3) is 0 Å². The minimum absolute atomic E-state index is 0.151. The number of hydrogen-bond donors (Lipinski definition) is 1. The molecule has 2 heteroatoms. The molecule has 172 valence electrons. The van der Waals surface area contributed by atoms with E-state index in [-0.39, 0.29) is 11.7 Å². The van der Waals surface area contributed by atoms with Gasteiger partial charge in [-0.3, -0.25) is 0 Å². The average Bonchev–Trinajstić information content (AvgIpc) is 3.40. The summed E-state index contributed by atoms with van der Waals surface area (Å²) in [4.78, 5) is 0. The minimum atomic E-state index is -0.205. The Morgan fingerprint density at radius 1 is 0.867 bits per heavy atom. The highest BCUT2D eigenvalue weighted by atomic mass is 16.6. The van der Waals surface area contributed by atoms with E-state index >= 15 is 0 Å². The molecule has 5 aliphatic rings. The van der Waals surface area contributed by atoms with Crippen molar-refractivity contribution in [2.45, 2.75) is 117 Å². The van der Waals surface area contributed by atoms with Crippen LogP contribution >= 0.6 is 0 Å². The zero-order valence-corrected chi connectivity index (χ0v) is 20.5. The smallest absolute Gasteiger partial charge is 0.121 e. The Morgan fingerprint density at radius 2 is 1.57 bits per heavy atom. The molecule has 0 aromatic heterocycles. The third kappa shape index (κ3) is 3.09. The first-order chi connectivity index (χ1) is 14.2. The van der Waals surface area contributed by atoms with Gasteiger partial charge >= 0.3 is 0 Å². The van der Waals surface area contributed by atoms with Crippen LogP contribution < -0.4 is 0 Å². The van der Waals surface area contributed by atoms with Crippen molar-refractivity contribution in [3.05, 3.63) is 0 Å². The van der Waals surface area contributed by atoms with Crippen LogP contribution in [0.1, 0.15) is 105 Å². The Labute approximate surface area is 185 Å². The van der Waals surface area contributed by atoms with Crippen molar-refractivity contribution in [2.24, 2.45) is 52.3 Å². The Bertz CT molecular complexity index is 639. The van der Waals surface area contributed by atoms with E-state index in [4.69, 9.17) is 4.74 Å². The van der Waals surface area contributed by atoms with Gasteiger partial charge in [0, 0.05) is 0 Å². The van der Waals surface area contributed by atoms with Gasteiger partial charge in [-0.2, -0.15) is 0 Å². The fraction of sp³-hybridized carbons (Fsp3) is 1.00. The van der Waals surface area contributed by atoms with Crippen molar-refractivity contribution in [1.82, 2.24) is 0 Å². The van der Waals surface area contributed by atoms with E-state index in [0.717, 1.165) is 48.5 Å². The molecule has 5 fully saturated rings. The Hall–Kier alpha value is -0.0800. The molecular formula is C28H48O2. The maximum atomic E-state index is 10.7. The quantitative estimate of drug-likeness (QED) is 0.497. The summed E-state index contributed by atoms with van der Waals surface area (Å²) in [5.74, 6) is 6.06. The van der Waals surface area contributed by atoms with Crippen molar-refractivity contribution in [2.75, 3.05) is 6.61 Å². The third-order valence-corrected chi connectivity index (χ3v) is 11.7. The van der Waals surface area contributed by atoms with E-state index in [1.54, 1.807) is 0 Å². The van der Waals surface area contributed by atoms with Crippen molar-refractivity contribution >= 4 is 0 Å². The number of fused-ring (bicyclic) bond motifs is 6. The summed E-state index contributed by atoms with van der Waals surface area (Å²) in [6, 6.07) is 0. The molecule has 0 unspecified atom stereocenters. The minimum Gasteiger partial charge on any atom is -0.390 e. The second kappa shape index (κ2) is 7.47. The summed E-state index contributed by atoms with van der Waals surface area (Å²) in [5.41, 5.74) is 0.840. The van der Waals surface area contributed by atoms with Crippen LogP contribution in [-0.4, -0.2) is 23.4 Å². The zero-order valence-electron chi connectivity index (χ0n) is 20.5. The van der Waals surface area contributed by atoms with Crippen LogP contribution in [0.5, 0.6) is 0 Å². The molecule has 30 heavy (non-hydrogen) atoms. The first-order valence-electron chi connectivity index (χ1n) is 13.5. The number of epoxide rings is 1. The van der Waals surface area contributed by atoms with Crippen LogP contribution in [0.4, 0.5) is 0 Å². The lowest BCUT2D eigenvalue weighted by atomic mass is 9.43. The van der Waals surface area contributed by atoms with Gasteiger partial charge in [0.05, 0.1) is 12.7 Å². The molecule has 0 aromatic rings. The van der Waals surface area contributed by atoms with Gasteiger partial charge in [-0.15, -0.1) is 0 Å². The Morgan fingerprint density at radius 3 is 2.27 bits per heavy atom. The van der Waals surface area contributed by atoms with Crippen LogP contribution in [0.2, 0.25) is 0 Å². The maximum absolute atomic E-state index is 10.7. The van der Waals surface area contributed by atoms with Gasteiger partial charge in [0.15, 0.2) is 0 Å². The summed E-state index contributed by atoms with van der Waals surface area (Å²) in [6.07, 6.45) is 14.8. The molecule has 1 aliphatic heterocycles. The average molecular weight is 417 g/mol. The monoisotopic (exact) mass is 416 g/mol. The van der Waals surface area contributed by atoms with Crippen LogP contribution in [0.25, 0.3) is 0 Å². The molecule has 1 saturated heterocycles. The molecule has 2 nitrogen and oxygen atoms in total. The number of hydrogen-bond acceptors (Lipinski definition) is 2. The topological polar surface area (TPSA) is 32.8 Å². The molecule has 4 aliphatic carbocycles. The second-order valence-corrected chi connectivity index (χ2v) is 13.3.